The number of likely N-dealkylation sites (tertiary alicyclic amines) is 1. The molecule has 0 radical (unpaired) electrons. The van der Waals surface area contributed by atoms with Gasteiger partial charge in [0.2, 0.25) is 5.88 Å². The minimum Gasteiger partial charge on any atom is -0.481 e. The maximum absolute atomic E-state index is 14.9. The number of nitrogens with zero attached hydrogens (tertiary/aromatic N) is 4. The fraction of sp³-hybridized carbons (Fsp3) is 0.536. The molecular formula is C28H33F4N5O2. The summed E-state index contributed by atoms with van der Waals surface area (Å²) in [4.78, 5) is 16.2. The van der Waals surface area contributed by atoms with E-state index in [0.29, 0.717) is 34.6 Å². The van der Waals surface area contributed by atoms with E-state index in [1.807, 2.05) is 6.07 Å². The van der Waals surface area contributed by atoms with Gasteiger partial charge in [-0.1, -0.05) is 12.1 Å². The van der Waals surface area contributed by atoms with Crippen LogP contribution in [0.1, 0.15) is 67.1 Å². The molecule has 2 saturated heterocycles. The molecule has 0 spiro atoms. The van der Waals surface area contributed by atoms with E-state index in [-0.39, 0.29) is 11.5 Å². The highest BCUT2D eigenvalue weighted by Crippen LogP contribution is 2.38. The van der Waals surface area contributed by atoms with Gasteiger partial charge in [-0.2, -0.15) is 18.2 Å². The molecule has 2 aromatic heterocycles. The Balaban J connectivity index is 1.44. The third-order valence-corrected chi connectivity index (χ3v) is 7.82. The van der Waals surface area contributed by atoms with Gasteiger partial charge in [0.25, 0.3) is 0 Å². The van der Waals surface area contributed by atoms with Gasteiger partial charge in [0.1, 0.15) is 17.5 Å². The fourth-order valence-electron chi connectivity index (χ4n) is 5.74. The lowest BCUT2D eigenvalue weighted by atomic mass is 9.88. The highest BCUT2D eigenvalue weighted by atomic mass is 19.4. The van der Waals surface area contributed by atoms with Crippen molar-refractivity contribution in [2.24, 2.45) is 0 Å². The zero-order valence-corrected chi connectivity index (χ0v) is 22.3. The molecular weight excluding hydrogens is 514 g/mol. The van der Waals surface area contributed by atoms with E-state index in [9.17, 15) is 17.6 Å². The minimum absolute atomic E-state index is 0.101. The molecule has 0 amide bonds. The molecule has 0 saturated carbocycles. The first-order valence-electron chi connectivity index (χ1n) is 13.3. The Hall–Kier alpha value is -3.05. The zero-order chi connectivity index (χ0) is 27.7. The Morgan fingerprint density at radius 3 is 2.46 bits per heavy atom. The Labute approximate surface area is 224 Å². The van der Waals surface area contributed by atoms with Crippen LogP contribution in [-0.4, -0.2) is 59.3 Å². The molecule has 0 aliphatic carbocycles. The normalized spacial score (nSPS) is 18.8. The van der Waals surface area contributed by atoms with E-state index < -0.39 is 23.6 Å². The summed E-state index contributed by atoms with van der Waals surface area (Å²) in [6.07, 6.45) is -0.776. The number of aromatic nitrogens is 3. The molecule has 2 fully saturated rings. The van der Waals surface area contributed by atoms with Gasteiger partial charge in [0.15, 0.2) is 5.65 Å². The monoisotopic (exact) mass is 547 g/mol. The number of alkyl halides is 3. The molecule has 0 unspecified atom stereocenters. The Morgan fingerprint density at radius 2 is 1.79 bits per heavy atom. The number of methoxy groups -OCH3 is 1. The van der Waals surface area contributed by atoms with E-state index >= 15 is 0 Å². The lowest BCUT2D eigenvalue weighted by Crippen LogP contribution is -2.43. The number of benzene rings is 1. The minimum atomic E-state index is -4.78. The summed E-state index contributed by atoms with van der Waals surface area (Å²) in [7, 11) is 1.58. The van der Waals surface area contributed by atoms with Gasteiger partial charge in [0, 0.05) is 30.4 Å². The average molecular weight is 548 g/mol. The van der Waals surface area contributed by atoms with Crippen LogP contribution in [0.3, 0.4) is 0 Å². The number of pyridine rings is 1. The van der Waals surface area contributed by atoms with Gasteiger partial charge in [-0.3, -0.25) is 0 Å². The first-order valence-corrected chi connectivity index (χ1v) is 13.3. The van der Waals surface area contributed by atoms with Crippen LogP contribution in [0.15, 0.2) is 24.3 Å². The van der Waals surface area contributed by atoms with E-state index in [2.05, 4.69) is 25.2 Å². The average Bonchev–Trinajstić information content (AvgIpc) is 2.92. The summed E-state index contributed by atoms with van der Waals surface area (Å²) in [6.45, 7) is 6.87. The Morgan fingerprint density at radius 1 is 1.08 bits per heavy atom. The van der Waals surface area contributed by atoms with E-state index in [1.165, 1.54) is 12.1 Å². The first kappa shape index (κ1) is 27.5. The predicted octanol–water partition coefficient (Wildman–Crippen LogP) is 6.03. The number of piperidine rings is 1. The SMILES string of the molecule is COc1nc2nc(C)nc(N[C@H](C)c3cccc(C(F)(F)F)c3F)c2cc1C1CCN(C2CCOCC2)CC1. The molecule has 11 heteroatoms. The number of anilines is 1. The van der Waals surface area contributed by atoms with Crippen molar-refractivity contribution >= 4 is 16.9 Å². The van der Waals surface area contributed by atoms with Crippen LogP contribution in [-0.2, 0) is 10.9 Å². The molecule has 1 atom stereocenters. The number of rotatable bonds is 6. The zero-order valence-electron chi connectivity index (χ0n) is 22.3. The Bertz CT molecular complexity index is 1320. The molecule has 7 nitrogen and oxygen atoms in total. The topological polar surface area (TPSA) is 72.4 Å². The van der Waals surface area contributed by atoms with Gasteiger partial charge in [-0.05, 0) is 70.7 Å². The van der Waals surface area contributed by atoms with E-state index in [4.69, 9.17) is 9.47 Å². The molecule has 2 aliphatic rings. The Kier molecular flexibility index (Phi) is 7.91. The number of hydrogen-bond donors (Lipinski definition) is 1. The predicted molar refractivity (Wildman–Crippen MR) is 139 cm³/mol. The van der Waals surface area contributed by atoms with Gasteiger partial charge in [0.05, 0.1) is 24.1 Å². The summed E-state index contributed by atoms with van der Waals surface area (Å²) in [5.41, 5.74) is -0.0402. The summed E-state index contributed by atoms with van der Waals surface area (Å²) >= 11 is 0. The maximum atomic E-state index is 14.9. The van der Waals surface area contributed by atoms with Crippen molar-refractivity contribution in [2.75, 3.05) is 38.7 Å². The molecule has 39 heavy (non-hydrogen) atoms. The van der Waals surface area contributed by atoms with E-state index in [0.717, 1.165) is 63.6 Å². The second-order valence-electron chi connectivity index (χ2n) is 10.3. The van der Waals surface area contributed by atoms with Crippen LogP contribution in [0.2, 0.25) is 0 Å². The van der Waals surface area contributed by atoms with Crippen molar-refractivity contribution in [1.82, 2.24) is 19.9 Å². The summed E-state index contributed by atoms with van der Waals surface area (Å²) < 4.78 is 65.9. The molecule has 2 aliphatic heterocycles. The molecule has 5 rings (SSSR count). The fourth-order valence-corrected chi connectivity index (χ4v) is 5.74. The lowest BCUT2D eigenvalue weighted by Gasteiger charge is -2.39. The number of fused-ring (bicyclic) bond motifs is 1. The van der Waals surface area contributed by atoms with Crippen LogP contribution >= 0.6 is 0 Å². The smallest absolute Gasteiger partial charge is 0.419 e. The maximum Gasteiger partial charge on any atom is 0.419 e. The highest BCUT2D eigenvalue weighted by Gasteiger charge is 2.35. The van der Waals surface area contributed by atoms with Gasteiger partial charge in [-0.15, -0.1) is 0 Å². The highest BCUT2D eigenvalue weighted by molar-refractivity contribution is 5.88. The number of ether oxygens (including phenoxy) is 2. The first-order chi connectivity index (χ1) is 18.7. The standard InChI is InChI=1S/C28H33F4N5O2/c1-16(20-5-4-6-23(24(20)29)28(30,31)32)33-25-22-15-21(27(38-3)36-26(22)35-17(2)34-25)18-7-11-37(12-8-18)19-9-13-39-14-10-19/h4-6,15-16,18-19H,7-14H2,1-3H3,(H,33,34,35,36)/t16-/m1/s1. The van der Waals surface area contributed by atoms with Crippen LogP contribution in [0.4, 0.5) is 23.4 Å². The molecule has 1 N–H and O–H groups in total. The van der Waals surface area contributed by atoms with Crippen LogP contribution in [0.25, 0.3) is 11.0 Å². The lowest BCUT2D eigenvalue weighted by molar-refractivity contribution is -0.140. The summed E-state index contributed by atoms with van der Waals surface area (Å²) in [5.74, 6) is 0.247. The van der Waals surface area contributed by atoms with Gasteiger partial charge < -0.3 is 19.7 Å². The van der Waals surface area contributed by atoms with Crippen LogP contribution in [0.5, 0.6) is 5.88 Å². The molecule has 1 aromatic carbocycles. The molecule has 4 heterocycles. The molecule has 0 bridgehead atoms. The number of halogens is 4. The van der Waals surface area contributed by atoms with Crippen molar-refractivity contribution in [2.45, 2.75) is 63.7 Å². The summed E-state index contributed by atoms with van der Waals surface area (Å²) in [5, 5.41) is 3.73. The molecule has 210 valence electrons. The third kappa shape index (κ3) is 5.79. The van der Waals surface area contributed by atoms with Crippen molar-refractivity contribution in [3.05, 3.63) is 52.6 Å². The summed E-state index contributed by atoms with van der Waals surface area (Å²) in [6, 6.07) is 5.02. The van der Waals surface area contributed by atoms with Gasteiger partial charge >= 0.3 is 6.18 Å². The van der Waals surface area contributed by atoms with E-state index in [1.54, 1.807) is 21.0 Å². The van der Waals surface area contributed by atoms with Gasteiger partial charge in [-0.25, -0.2) is 14.4 Å². The van der Waals surface area contributed by atoms with Crippen molar-refractivity contribution in [3.8, 4) is 5.88 Å². The number of hydrogen-bond acceptors (Lipinski definition) is 7. The third-order valence-electron chi connectivity index (χ3n) is 7.82. The number of aryl methyl sites for hydroxylation is 1. The largest absolute Gasteiger partial charge is 0.481 e. The van der Waals surface area contributed by atoms with Crippen molar-refractivity contribution in [1.29, 1.82) is 0 Å². The van der Waals surface area contributed by atoms with Crippen LogP contribution in [0, 0.1) is 12.7 Å². The molecule has 3 aromatic rings. The van der Waals surface area contributed by atoms with Crippen molar-refractivity contribution in [3.63, 3.8) is 0 Å². The second kappa shape index (κ2) is 11.2. The number of nitrogens with one attached hydrogen (secondary N) is 1. The van der Waals surface area contributed by atoms with Crippen molar-refractivity contribution < 1.29 is 27.0 Å². The quantitative estimate of drug-likeness (QED) is 0.378. The second-order valence-corrected chi connectivity index (χ2v) is 10.3. The van der Waals surface area contributed by atoms with Crippen LogP contribution < -0.4 is 10.1 Å².